The molecule has 0 spiro atoms. The van der Waals surface area contributed by atoms with E-state index in [1.165, 1.54) is 0 Å². The first-order valence-electron chi connectivity index (χ1n) is 7.73. The van der Waals surface area contributed by atoms with Crippen LogP contribution >= 0.6 is 0 Å². The minimum absolute atomic E-state index is 0.0362. The van der Waals surface area contributed by atoms with Crippen molar-refractivity contribution in [3.8, 4) is 0 Å². The van der Waals surface area contributed by atoms with E-state index >= 15 is 0 Å². The molecule has 0 aliphatic rings. The maximum atomic E-state index is 12.9. The fourth-order valence-electron chi connectivity index (χ4n) is 2.15. The lowest BCUT2D eigenvalue weighted by Gasteiger charge is -2.20. The highest BCUT2D eigenvalue weighted by molar-refractivity contribution is 5.70. The summed E-state index contributed by atoms with van der Waals surface area (Å²) in [5, 5.41) is 0. The van der Waals surface area contributed by atoms with Crippen LogP contribution in [-0.2, 0) is 16.0 Å². The minimum Gasteiger partial charge on any atom is -0.453 e. The molecule has 0 saturated heterocycles. The molecule has 1 atom stereocenters. The quantitative estimate of drug-likeness (QED) is 0.470. The molecule has 0 bridgehead atoms. The van der Waals surface area contributed by atoms with Crippen LogP contribution in [-0.4, -0.2) is 18.2 Å². The first-order chi connectivity index (χ1) is 10.4. The van der Waals surface area contributed by atoms with Gasteiger partial charge in [-0.1, -0.05) is 56.5 Å². The molecule has 0 unspecified atom stereocenters. The first-order valence-corrected chi connectivity index (χ1v) is 7.73. The van der Waals surface area contributed by atoms with Gasteiger partial charge in [0.2, 0.25) is 0 Å². The number of esters is 1. The zero-order chi connectivity index (χ0) is 16.4. The van der Waals surface area contributed by atoms with Crippen molar-refractivity contribution in [1.82, 2.24) is 0 Å². The summed E-state index contributed by atoms with van der Waals surface area (Å²) in [4.78, 5) is 11.6. The molecule has 1 rings (SSSR count). The summed E-state index contributed by atoms with van der Waals surface area (Å²) >= 11 is 0. The maximum absolute atomic E-state index is 12.9. The summed E-state index contributed by atoms with van der Waals surface area (Å²) in [5.41, 5.74) is 0.908. The van der Waals surface area contributed by atoms with Crippen LogP contribution in [0.4, 0.5) is 13.2 Å². The Hall–Kier alpha value is -1.52. The summed E-state index contributed by atoms with van der Waals surface area (Å²) in [6.45, 7) is 1.99. The van der Waals surface area contributed by atoms with E-state index in [0.717, 1.165) is 24.8 Å². The van der Waals surface area contributed by atoms with Crippen LogP contribution in [0.1, 0.15) is 51.0 Å². The number of carbonyl (C=O) groups excluding carboxylic acids is 1. The molecular weight excluding hydrogens is 293 g/mol. The lowest BCUT2D eigenvalue weighted by Crippen LogP contribution is -2.34. The van der Waals surface area contributed by atoms with Crippen molar-refractivity contribution in [2.75, 3.05) is 0 Å². The molecule has 0 aromatic heterocycles. The smallest absolute Gasteiger partial charge is 0.425 e. The zero-order valence-electron chi connectivity index (χ0n) is 12.9. The molecule has 0 heterocycles. The largest absolute Gasteiger partial charge is 0.453 e. The predicted octanol–water partition coefficient (Wildman–Crippen LogP) is 5.06. The Kier molecular flexibility index (Phi) is 7.99. The number of unbranched alkanes of at least 4 members (excludes halogenated alkanes) is 3. The van der Waals surface area contributed by atoms with E-state index in [4.69, 9.17) is 0 Å². The standard InChI is InChI=1S/C17H23F3O2/c1-2-3-4-8-11-15(17(18,19)20)22-16(21)13-12-14-9-6-5-7-10-14/h5-7,9-10,15H,2-4,8,11-13H2,1H3/t15-/m1/s1. The molecule has 22 heavy (non-hydrogen) atoms. The molecule has 1 aromatic carbocycles. The number of benzene rings is 1. The van der Waals surface area contributed by atoms with E-state index in [-0.39, 0.29) is 12.8 Å². The number of ether oxygens (including phenoxy) is 1. The Morgan fingerprint density at radius 2 is 1.82 bits per heavy atom. The van der Waals surface area contributed by atoms with E-state index in [1.807, 2.05) is 37.3 Å². The van der Waals surface area contributed by atoms with Crippen molar-refractivity contribution in [2.45, 2.75) is 64.1 Å². The molecule has 0 aliphatic carbocycles. The van der Waals surface area contributed by atoms with Crippen LogP contribution in [0, 0.1) is 0 Å². The molecule has 0 aliphatic heterocycles. The van der Waals surface area contributed by atoms with Gasteiger partial charge < -0.3 is 4.74 Å². The summed E-state index contributed by atoms with van der Waals surface area (Å²) in [6.07, 6.45) is -3.28. The predicted molar refractivity (Wildman–Crippen MR) is 79.5 cm³/mol. The van der Waals surface area contributed by atoms with Gasteiger partial charge in [0.05, 0.1) is 0 Å². The van der Waals surface area contributed by atoms with Gasteiger partial charge in [-0.25, -0.2) is 0 Å². The van der Waals surface area contributed by atoms with Crippen molar-refractivity contribution in [1.29, 1.82) is 0 Å². The first kappa shape index (κ1) is 18.5. The molecule has 0 fully saturated rings. The molecule has 0 amide bonds. The molecule has 0 radical (unpaired) electrons. The normalized spacial score (nSPS) is 12.9. The number of hydrogen-bond donors (Lipinski definition) is 0. The maximum Gasteiger partial charge on any atom is 0.425 e. The molecule has 2 nitrogen and oxygen atoms in total. The zero-order valence-corrected chi connectivity index (χ0v) is 12.9. The number of rotatable bonds is 9. The number of halogens is 3. The summed E-state index contributed by atoms with van der Waals surface area (Å²) < 4.78 is 43.3. The van der Waals surface area contributed by atoms with Crippen molar-refractivity contribution < 1.29 is 22.7 Å². The molecular formula is C17H23F3O2. The molecule has 1 aromatic rings. The van der Waals surface area contributed by atoms with Crippen LogP contribution < -0.4 is 0 Å². The average Bonchev–Trinajstić information content (AvgIpc) is 2.48. The second kappa shape index (κ2) is 9.49. The van der Waals surface area contributed by atoms with Gasteiger partial charge in [0.15, 0.2) is 6.10 Å². The van der Waals surface area contributed by atoms with Gasteiger partial charge in [-0.2, -0.15) is 13.2 Å². The summed E-state index contributed by atoms with van der Waals surface area (Å²) in [6, 6.07) is 9.16. The Morgan fingerprint density at radius 3 is 2.41 bits per heavy atom. The molecule has 5 heteroatoms. The lowest BCUT2D eigenvalue weighted by molar-refractivity contribution is -0.222. The van der Waals surface area contributed by atoms with Crippen LogP contribution in [0.25, 0.3) is 0 Å². The van der Waals surface area contributed by atoms with E-state index in [2.05, 4.69) is 4.74 Å². The van der Waals surface area contributed by atoms with Gasteiger partial charge in [-0.05, 0) is 24.8 Å². The number of alkyl halides is 3. The Balaban J connectivity index is 2.41. The Bertz CT molecular complexity index is 429. The Morgan fingerprint density at radius 1 is 1.14 bits per heavy atom. The summed E-state index contributed by atoms with van der Waals surface area (Å²) in [5.74, 6) is -0.790. The third-order valence-corrected chi connectivity index (χ3v) is 3.42. The van der Waals surface area contributed by atoms with Gasteiger partial charge in [-0.3, -0.25) is 4.79 Å². The number of carbonyl (C=O) groups is 1. The second-order valence-corrected chi connectivity index (χ2v) is 5.36. The van der Waals surface area contributed by atoms with E-state index in [9.17, 15) is 18.0 Å². The summed E-state index contributed by atoms with van der Waals surface area (Å²) in [7, 11) is 0. The van der Waals surface area contributed by atoms with Gasteiger partial charge in [0.25, 0.3) is 0 Å². The average molecular weight is 316 g/mol. The van der Waals surface area contributed by atoms with Crippen LogP contribution in [0.5, 0.6) is 0 Å². The van der Waals surface area contributed by atoms with Crippen molar-refractivity contribution in [3.63, 3.8) is 0 Å². The van der Waals surface area contributed by atoms with E-state index < -0.39 is 18.2 Å². The second-order valence-electron chi connectivity index (χ2n) is 5.36. The van der Waals surface area contributed by atoms with Crippen molar-refractivity contribution in [2.24, 2.45) is 0 Å². The minimum atomic E-state index is -4.49. The third kappa shape index (κ3) is 7.48. The molecule has 0 N–H and O–H groups in total. The van der Waals surface area contributed by atoms with E-state index in [0.29, 0.717) is 12.8 Å². The molecule has 0 saturated carbocycles. The van der Waals surface area contributed by atoms with Crippen LogP contribution in [0.3, 0.4) is 0 Å². The fourth-order valence-corrected chi connectivity index (χ4v) is 2.15. The number of aryl methyl sites for hydroxylation is 1. The number of hydrogen-bond acceptors (Lipinski definition) is 2. The third-order valence-electron chi connectivity index (χ3n) is 3.42. The monoisotopic (exact) mass is 316 g/mol. The van der Waals surface area contributed by atoms with Crippen molar-refractivity contribution in [3.05, 3.63) is 35.9 Å². The molecule has 124 valence electrons. The van der Waals surface area contributed by atoms with Gasteiger partial charge in [0.1, 0.15) is 0 Å². The highest BCUT2D eigenvalue weighted by Crippen LogP contribution is 2.27. The fraction of sp³-hybridized carbons (Fsp3) is 0.588. The highest BCUT2D eigenvalue weighted by Gasteiger charge is 2.42. The van der Waals surface area contributed by atoms with E-state index in [1.54, 1.807) is 0 Å². The lowest BCUT2D eigenvalue weighted by atomic mass is 10.1. The topological polar surface area (TPSA) is 26.3 Å². The van der Waals surface area contributed by atoms with Crippen LogP contribution in [0.2, 0.25) is 0 Å². The SMILES string of the molecule is CCCCCC[C@@H](OC(=O)CCc1ccccc1)C(F)(F)F. The van der Waals surface area contributed by atoms with Crippen molar-refractivity contribution >= 4 is 5.97 Å². The Labute approximate surface area is 129 Å². The van der Waals surface area contributed by atoms with Crippen LogP contribution in [0.15, 0.2) is 30.3 Å². The van der Waals surface area contributed by atoms with Gasteiger partial charge in [0, 0.05) is 6.42 Å². The van der Waals surface area contributed by atoms with Gasteiger partial charge in [-0.15, -0.1) is 0 Å². The van der Waals surface area contributed by atoms with Gasteiger partial charge >= 0.3 is 12.1 Å². The highest BCUT2D eigenvalue weighted by atomic mass is 19.4.